The van der Waals surface area contributed by atoms with Crippen molar-refractivity contribution >= 4 is 11.8 Å². The molecule has 0 aliphatic heterocycles. The van der Waals surface area contributed by atoms with Gasteiger partial charge < -0.3 is 5.73 Å². The van der Waals surface area contributed by atoms with Crippen LogP contribution >= 0.6 is 11.8 Å². The van der Waals surface area contributed by atoms with Gasteiger partial charge in [0.25, 0.3) is 0 Å². The van der Waals surface area contributed by atoms with Gasteiger partial charge in [-0.3, -0.25) is 0 Å². The average molecular weight is 219 g/mol. The van der Waals surface area contributed by atoms with Gasteiger partial charge in [0.1, 0.15) is 0 Å². The molecule has 0 amide bonds. The van der Waals surface area contributed by atoms with Crippen molar-refractivity contribution in [1.29, 1.82) is 0 Å². The molecule has 0 aliphatic rings. The van der Waals surface area contributed by atoms with Crippen molar-refractivity contribution < 1.29 is 0 Å². The van der Waals surface area contributed by atoms with E-state index < -0.39 is 0 Å². The molecule has 1 unspecified atom stereocenters. The van der Waals surface area contributed by atoms with Crippen molar-refractivity contribution in [3.63, 3.8) is 0 Å². The third-order valence-corrected chi connectivity index (χ3v) is 3.14. The molecular formula is C13H17NS. The van der Waals surface area contributed by atoms with E-state index in [2.05, 4.69) is 18.8 Å². The summed E-state index contributed by atoms with van der Waals surface area (Å²) in [6.45, 7) is 2.96. The van der Waals surface area contributed by atoms with E-state index in [1.165, 1.54) is 0 Å². The summed E-state index contributed by atoms with van der Waals surface area (Å²) in [5.41, 5.74) is 6.56. The SMILES string of the molecule is CC(CCN)SCC#Cc1ccccc1. The van der Waals surface area contributed by atoms with E-state index in [4.69, 9.17) is 5.73 Å². The second-order valence-electron chi connectivity index (χ2n) is 3.37. The van der Waals surface area contributed by atoms with Gasteiger partial charge in [0.05, 0.1) is 5.75 Å². The molecule has 0 radical (unpaired) electrons. The molecule has 0 bridgehead atoms. The molecule has 1 atom stereocenters. The maximum Gasteiger partial charge on any atom is 0.0553 e. The van der Waals surface area contributed by atoms with Crippen molar-refractivity contribution in [2.45, 2.75) is 18.6 Å². The fraction of sp³-hybridized carbons (Fsp3) is 0.385. The molecule has 1 aromatic carbocycles. The van der Waals surface area contributed by atoms with Crippen LogP contribution in [0.25, 0.3) is 0 Å². The van der Waals surface area contributed by atoms with Gasteiger partial charge in [-0.05, 0) is 25.1 Å². The van der Waals surface area contributed by atoms with Crippen molar-refractivity contribution in [3.05, 3.63) is 35.9 Å². The minimum absolute atomic E-state index is 0.611. The van der Waals surface area contributed by atoms with Gasteiger partial charge in [0.15, 0.2) is 0 Å². The quantitative estimate of drug-likeness (QED) is 0.787. The Morgan fingerprint density at radius 3 is 2.73 bits per heavy atom. The van der Waals surface area contributed by atoms with Crippen molar-refractivity contribution in [1.82, 2.24) is 0 Å². The monoisotopic (exact) mass is 219 g/mol. The van der Waals surface area contributed by atoms with Crippen LogP contribution in [0.15, 0.2) is 30.3 Å². The lowest BCUT2D eigenvalue weighted by Crippen LogP contribution is -2.07. The molecule has 2 N–H and O–H groups in total. The molecule has 2 heteroatoms. The summed E-state index contributed by atoms with van der Waals surface area (Å²) in [5, 5.41) is 0.611. The summed E-state index contributed by atoms with van der Waals surface area (Å²) in [6, 6.07) is 10.1. The first-order valence-electron chi connectivity index (χ1n) is 5.18. The predicted molar refractivity (Wildman–Crippen MR) is 68.9 cm³/mol. The molecule has 80 valence electrons. The average Bonchev–Trinajstić information content (AvgIpc) is 2.26. The Bertz CT molecular complexity index is 323. The Labute approximate surface area is 96.4 Å². The van der Waals surface area contributed by atoms with E-state index in [1.807, 2.05) is 42.1 Å². The van der Waals surface area contributed by atoms with Gasteiger partial charge in [0.2, 0.25) is 0 Å². The Balaban J connectivity index is 2.28. The molecular weight excluding hydrogens is 202 g/mol. The molecule has 0 aliphatic carbocycles. The number of rotatable bonds is 4. The van der Waals surface area contributed by atoms with Crippen LogP contribution in [0.2, 0.25) is 0 Å². The van der Waals surface area contributed by atoms with Crippen LogP contribution in [0, 0.1) is 11.8 Å². The Morgan fingerprint density at radius 1 is 1.33 bits per heavy atom. The number of thioether (sulfide) groups is 1. The van der Waals surface area contributed by atoms with Gasteiger partial charge >= 0.3 is 0 Å². The summed E-state index contributed by atoms with van der Waals surface area (Å²) < 4.78 is 0. The highest BCUT2D eigenvalue weighted by Crippen LogP contribution is 2.11. The lowest BCUT2D eigenvalue weighted by Gasteiger charge is -2.05. The smallest absolute Gasteiger partial charge is 0.0553 e. The van der Waals surface area contributed by atoms with Gasteiger partial charge in [-0.25, -0.2) is 0 Å². The number of hydrogen-bond donors (Lipinski definition) is 1. The molecule has 1 nitrogen and oxygen atoms in total. The summed E-state index contributed by atoms with van der Waals surface area (Å²) in [7, 11) is 0. The molecule has 1 aromatic rings. The van der Waals surface area contributed by atoms with Crippen LogP contribution in [-0.4, -0.2) is 17.5 Å². The summed E-state index contributed by atoms with van der Waals surface area (Å²) in [5.74, 6) is 7.19. The van der Waals surface area contributed by atoms with E-state index in [-0.39, 0.29) is 0 Å². The highest BCUT2D eigenvalue weighted by Gasteiger charge is 1.97. The summed E-state index contributed by atoms with van der Waals surface area (Å²) in [6.07, 6.45) is 1.07. The van der Waals surface area contributed by atoms with Crippen molar-refractivity contribution in [2.24, 2.45) is 5.73 Å². The Kier molecular flexibility index (Phi) is 5.99. The normalized spacial score (nSPS) is 11.6. The number of nitrogens with two attached hydrogens (primary N) is 1. The molecule has 0 fully saturated rings. The number of hydrogen-bond acceptors (Lipinski definition) is 2. The first-order chi connectivity index (χ1) is 7.33. The topological polar surface area (TPSA) is 26.0 Å². The van der Waals surface area contributed by atoms with Gasteiger partial charge in [-0.2, -0.15) is 0 Å². The maximum absolute atomic E-state index is 5.48. The van der Waals surface area contributed by atoms with Crippen LogP contribution < -0.4 is 5.73 Å². The maximum atomic E-state index is 5.48. The minimum Gasteiger partial charge on any atom is -0.330 e. The standard InChI is InChI=1S/C13H17NS/c1-12(9-10-14)15-11-5-8-13-6-3-2-4-7-13/h2-4,6-7,12H,9-11,14H2,1H3. The molecule has 0 saturated heterocycles. The first-order valence-corrected chi connectivity index (χ1v) is 6.23. The van der Waals surface area contributed by atoms with Gasteiger partial charge in [-0.1, -0.05) is 37.0 Å². The van der Waals surface area contributed by atoms with Crippen LogP contribution in [0.1, 0.15) is 18.9 Å². The van der Waals surface area contributed by atoms with Crippen LogP contribution in [-0.2, 0) is 0 Å². The zero-order valence-electron chi connectivity index (χ0n) is 9.07. The molecule has 0 saturated carbocycles. The van der Waals surface area contributed by atoms with E-state index in [0.717, 1.165) is 24.3 Å². The molecule has 0 aromatic heterocycles. The van der Waals surface area contributed by atoms with Gasteiger partial charge in [0, 0.05) is 10.8 Å². The lowest BCUT2D eigenvalue weighted by atomic mass is 10.2. The minimum atomic E-state index is 0.611. The van der Waals surface area contributed by atoms with E-state index in [1.54, 1.807) is 0 Å². The zero-order valence-corrected chi connectivity index (χ0v) is 9.89. The fourth-order valence-electron chi connectivity index (χ4n) is 1.16. The van der Waals surface area contributed by atoms with E-state index >= 15 is 0 Å². The van der Waals surface area contributed by atoms with Crippen LogP contribution in [0.5, 0.6) is 0 Å². The third kappa shape index (κ3) is 5.51. The Morgan fingerprint density at radius 2 is 2.07 bits per heavy atom. The molecule has 15 heavy (non-hydrogen) atoms. The van der Waals surface area contributed by atoms with Crippen LogP contribution in [0.3, 0.4) is 0 Å². The molecule has 1 rings (SSSR count). The lowest BCUT2D eigenvalue weighted by molar-refractivity contribution is 0.824. The Hall–Kier alpha value is -0.910. The van der Waals surface area contributed by atoms with Crippen molar-refractivity contribution in [2.75, 3.05) is 12.3 Å². The predicted octanol–water partition coefficient (Wildman–Crippen LogP) is 2.51. The molecule has 0 heterocycles. The zero-order chi connectivity index (χ0) is 10.9. The highest BCUT2D eigenvalue weighted by molar-refractivity contribution is 8.00. The second-order valence-corrected chi connectivity index (χ2v) is 4.79. The third-order valence-electron chi connectivity index (χ3n) is 2.02. The summed E-state index contributed by atoms with van der Waals surface area (Å²) >= 11 is 1.87. The van der Waals surface area contributed by atoms with Crippen LogP contribution in [0.4, 0.5) is 0 Å². The second kappa shape index (κ2) is 7.39. The van der Waals surface area contributed by atoms with E-state index in [0.29, 0.717) is 5.25 Å². The molecule has 0 spiro atoms. The van der Waals surface area contributed by atoms with E-state index in [9.17, 15) is 0 Å². The fourth-order valence-corrected chi connectivity index (χ4v) is 1.90. The van der Waals surface area contributed by atoms with Crippen molar-refractivity contribution in [3.8, 4) is 11.8 Å². The largest absolute Gasteiger partial charge is 0.330 e. The first kappa shape index (κ1) is 12.2. The van der Waals surface area contributed by atoms with Gasteiger partial charge in [-0.15, -0.1) is 11.8 Å². The number of benzene rings is 1. The highest BCUT2D eigenvalue weighted by atomic mass is 32.2. The summed E-state index contributed by atoms with van der Waals surface area (Å²) in [4.78, 5) is 0.